The molecule has 1 aliphatic rings. The van der Waals surface area contributed by atoms with E-state index >= 15 is 0 Å². The van der Waals surface area contributed by atoms with Crippen molar-refractivity contribution in [3.8, 4) is 11.5 Å². The van der Waals surface area contributed by atoms with Crippen LogP contribution in [0, 0.1) is 6.92 Å². The molecule has 0 aliphatic carbocycles. The van der Waals surface area contributed by atoms with E-state index in [1.54, 1.807) is 12.1 Å². The van der Waals surface area contributed by atoms with Crippen molar-refractivity contribution in [2.45, 2.75) is 11.8 Å². The van der Waals surface area contributed by atoms with Crippen LogP contribution in [0.4, 0.5) is 0 Å². The lowest BCUT2D eigenvalue weighted by molar-refractivity contribution is 0.0693. The number of carboxylic acid groups (broad SMARTS) is 1. The van der Waals surface area contributed by atoms with Crippen LogP contribution in [0.25, 0.3) is 0 Å². The highest BCUT2D eigenvalue weighted by Crippen LogP contribution is 2.29. The fourth-order valence-electron chi connectivity index (χ4n) is 2.59. The van der Waals surface area contributed by atoms with Crippen molar-refractivity contribution >= 4 is 16.0 Å². The molecule has 2 aromatic rings. The molecule has 0 bridgehead atoms. The number of benzene rings is 2. The second-order valence-electron chi connectivity index (χ2n) is 5.89. The van der Waals surface area contributed by atoms with Gasteiger partial charge in [-0.2, -0.15) is 4.31 Å². The van der Waals surface area contributed by atoms with Gasteiger partial charge in [0, 0.05) is 13.1 Å². The molecular weight excluding hydrogens is 358 g/mol. The number of carbonyl (C=O) groups is 1. The summed E-state index contributed by atoms with van der Waals surface area (Å²) in [5, 5.41) is 9.48. The average molecular weight is 377 g/mol. The molecule has 2 aromatic carbocycles. The second kappa shape index (κ2) is 7.45. The van der Waals surface area contributed by atoms with Gasteiger partial charge in [0.05, 0.1) is 18.1 Å². The summed E-state index contributed by atoms with van der Waals surface area (Å²) in [4.78, 5) is 11.5. The fourth-order valence-corrected chi connectivity index (χ4v) is 4.03. The van der Waals surface area contributed by atoms with Crippen molar-refractivity contribution in [3.05, 3.63) is 53.6 Å². The first-order chi connectivity index (χ1) is 12.4. The highest BCUT2D eigenvalue weighted by Gasteiger charge is 2.28. The summed E-state index contributed by atoms with van der Waals surface area (Å²) < 4.78 is 37.5. The van der Waals surface area contributed by atoms with Gasteiger partial charge in [-0.1, -0.05) is 17.7 Å². The van der Waals surface area contributed by atoms with E-state index < -0.39 is 16.0 Å². The monoisotopic (exact) mass is 377 g/mol. The largest absolute Gasteiger partial charge is 0.478 e. The van der Waals surface area contributed by atoms with Crippen LogP contribution in [0.15, 0.2) is 47.4 Å². The lowest BCUT2D eigenvalue weighted by atomic mass is 10.2. The molecule has 0 unspecified atom stereocenters. The van der Waals surface area contributed by atoms with Gasteiger partial charge < -0.3 is 14.6 Å². The van der Waals surface area contributed by atoms with Gasteiger partial charge in [-0.3, -0.25) is 0 Å². The third kappa shape index (κ3) is 3.87. The Hall–Kier alpha value is -2.42. The number of nitrogens with zero attached hydrogens (tertiary/aromatic N) is 1. The molecule has 3 rings (SSSR count). The van der Waals surface area contributed by atoms with Gasteiger partial charge >= 0.3 is 5.97 Å². The van der Waals surface area contributed by atoms with Crippen molar-refractivity contribution in [1.82, 2.24) is 4.31 Å². The molecule has 1 fully saturated rings. The molecule has 138 valence electrons. The van der Waals surface area contributed by atoms with Crippen LogP contribution in [0.1, 0.15) is 15.9 Å². The van der Waals surface area contributed by atoms with Crippen LogP contribution in [0.3, 0.4) is 0 Å². The van der Waals surface area contributed by atoms with Crippen molar-refractivity contribution < 1.29 is 27.8 Å². The van der Waals surface area contributed by atoms with Crippen LogP contribution in [-0.2, 0) is 14.8 Å². The molecule has 1 N–H and O–H groups in total. The molecule has 1 aliphatic heterocycles. The van der Waals surface area contributed by atoms with Crippen LogP contribution in [0.5, 0.6) is 11.5 Å². The van der Waals surface area contributed by atoms with Gasteiger partial charge in [-0.05, 0) is 37.3 Å². The molecule has 0 saturated carbocycles. The van der Waals surface area contributed by atoms with E-state index in [0.29, 0.717) is 19.0 Å². The van der Waals surface area contributed by atoms with Crippen LogP contribution < -0.4 is 4.74 Å². The van der Waals surface area contributed by atoms with Crippen molar-refractivity contribution in [2.75, 3.05) is 26.3 Å². The lowest BCUT2D eigenvalue weighted by Gasteiger charge is -2.26. The third-order valence-electron chi connectivity index (χ3n) is 4.04. The number of hydrogen-bond acceptors (Lipinski definition) is 5. The van der Waals surface area contributed by atoms with Gasteiger partial charge in [0.1, 0.15) is 17.1 Å². The van der Waals surface area contributed by atoms with Crippen LogP contribution >= 0.6 is 0 Å². The molecule has 0 atom stereocenters. The molecule has 0 aromatic heterocycles. The number of rotatable bonds is 5. The zero-order chi connectivity index (χ0) is 18.7. The minimum atomic E-state index is -3.78. The van der Waals surface area contributed by atoms with Crippen LogP contribution in [0.2, 0.25) is 0 Å². The Morgan fingerprint density at radius 2 is 1.77 bits per heavy atom. The van der Waals surface area contributed by atoms with E-state index in [1.807, 2.05) is 19.1 Å². The highest BCUT2D eigenvalue weighted by atomic mass is 32.2. The quantitative estimate of drug-likeness (QED) is 0.861. The van der Waals surface area contributed by atoms with Crippen molar-refractivity contribution in [3.63, 3.8) is 0 Å². The Kier molecular flexibility index (Phi) is 5.26. The minimum absolute atomic E-state index is 0.0759. The SMILES string of the molecule is Cc1ccc(Oc2ccc(S(=O)(=O)N3CCOCC3)cc2C(=O)O)cc1. The Bertz CT molecular complexity index is 902. The fraction of sp³-hybridized carbons (Fsp3) is 0.278. The van der Waals surface area contributed by atoms with E-state index in [0.717, 1.165) is 11.6 Å². The molecule has 0 radical (unpaired) electrons. The van der Waals surface area contributed by atoms with Gasteiger partial charge in [0.2, 0.25) is 10.0 Å². The lowest BCUT2D eigenvalue weighted by Crippen LogP contribution is -2.40. The van der Waals surface area contributed by atoms with Crippen molar-refractivity contribution in [1.29, 1.82) is 0 Å². The Morgan fingerprint density at radius 1 is 1.12 bits per heavy atom. The number of ether oxygens (including phenoxy) is 2. The first kappa shape index (κ1) is 18.4. The van der Waals surface area contributed by atoms with E-state index in [4.69, 9.17) is 9.47 Å². The second-order valence-corrected chi connectivity index (χ2v) is 7.83. The molecule has 1 saturated heterocycles. The maximum atomic E-state index is 12.7. The summed E-state index contributed by atoms with van der Waals surface area (Å²) in [6, 6.07) is 11.0. The highest BCUT2D eigenvalue weighted by molar-refractivity contribution is 7.89. The van der Waals surface area contributed by atoms with Gasteiger partial charge in [0.25, 0.3) is 0 Å². The Labute approximate surface area is 151 Å². The Balaban J connectivity index is 1.93. The van der Waals surface area contributed by atoms with Crippen molar-refractivity contribution in [2.24, 2.45) is 0 Å². The summed E-state index contributed by atoms with van der Waals surface area (Å²) in [6.07, 6.45) is 0. The normalized spacial score (nSPS) is 15.6. The number of morpholine rings is 1. The van der Waals surface area contributed by atoms with Crippen LogP contribution in [-0.4, -0.2) is 50.1 Å². The number of aromatic carboxylic acids is 1. The van der Waals surface area contributed by atoms with Gasteiger partial charge in [0.15, 0.2) is 0 Å². The summed E-state index contributed by atoms with van der Waals surface area (Å²) >= 11 is 0. The minimum Gasteiger partial charge on any atom is -0.478 e. The first-order valence-corrected chi connectivity index (χ1v) is 9.52. The van der Waals surface area contributed by atoms with E-state index in [-0.39, 0.29) is 29.3 Å². The molecular formula is C18H19NO6S. The summed E-state index contributed by atoms with van der Waals surface area (Å²) in [5.74, 6) is -0.699. The maximum Gasteiger partial charge on any atom is 0.339 e. The molecule has 0 spiro atoms. The maximum absolute atomic E-state index is 12.7. The zero-order valence-electron chi connectivity index (χ0n) is 14.2. The molecule has 8 heteroatoms. The zero-order valence-corrected chi connectivity index (χ0v) is 15.0. The number of sulfonamides is 1. The Morgan fingerprint density at radius 3 is 2.38 bits per heavy atom. The molecule has 0 amide bonds. The molecule has 1 heterocycles. The predicted octanol–water partition coefficient (Wildman–Crippen LogP) is 2.51. The number of hydrogen-bond donors (Lipinski definition) is 1. The van der Waals surface area contributed by atoms with E-state index in [2.05, 4.69) is 0 Å². The number of carboxylic acids is 1. The molecule has 26 heavy (non-hydrogen) atoms. The van der Waals surface area contributed by atoms with E-state index in [1.165, 1.54) is 16.4 Å². The van der Waals surface area contributed by atoms with E-state index in [9.17, 15) is 18.3 Å². The first-order valence-electron chi connectivity index (χ1n) is 8.08. The van der Waals surface area contributed by atoms with Gasteiger partial charge in [-0.25, -0.2) is 13.2 Å². The smallest absolute Gasteiger partial charge is 0.339 e. The summed E-state index contributed by atoms with van der Waals surface area (Å²) in [7, 11) is -3.78. The standard InChI is InChI=1S/C18H19NO6S/c1-13-2-4-14(5-3-13)25-17-7-6-15(12-16(17)18(20)21)26(22,23)19-8-10-24-11-9-19/h2-7,12H,8-11H2,1H3,(H,20,21). The third-order valence-corrected chi connectivity index (χ3v) is 5.93. The molecule has 7 nitrogen and oxygen atoms in total. The number of aryl methyl sites for hydroxylation is 1. The van der Waals surface area contributed by atoms with Gasteiger partial charge in [-0.15, -0.1) is 0 Å². The topological polar surface area (TPSA) is 93.1 Å². The summed E-state index contributed by atoms with van der Waals surface area (Å²) in [6.45, 7) is 3.05. The average Bonchev–Trinajstić information content (AvgIpc) is 2.64. The predicted molar refractivity (Wildman–Crippen MR) is 94.2 cm³/mol. The summed E-state index contributed by atoms with van der Waals surface area (Å²) in [5.41, 5.74) is 0.836.